The fraction of sp³-hybridized carbons (Fsp3) is 0.231. The number of hydrogen-bond donors (Lipinski definition) is 2. The van der Waals surface area contributed by atoms with Crippen molar-refractivity contribution in [3.8, 4) is 0 Å². The van der Waals surface area contributed by atoms with Crippen molar-refractivity contribution in [2.75, 3.05) is 5.32 Å². The largest absolute Gasteiger partial charge is 0.327 e. The molecular formula is C13H15N3O. The molecule has 0 saturated heterocycles. The summed E-state index contributed by atoms with van der Waals surface area (Å²) in [4.78, 5) is 15.7. The van der Waals surface area contributed by atoms with Crippen LogP contribution in [0.4, 0.5) is 5.69 Å². The molecule has 1 aromatic carbocycles. The predicted octanol–water partition coefficient (Wildman–Crippen LogP) is 1.91. The quantitative estimate of drug-likeness (QED) is 0.844. The van der Waals surface area contributed by atoms with Crippen LogP contribution in [0.3, 0.4) is 0 Å². The Bertz CT molecular complexity index is 532. The Kier molecular flexibility index (Phi) is 3.35. The second kappa shape index (κ2) is 4.93. The summed E-state index contributed by atoms with van der Waals surface area (Å²) in [5, 5.41) is 4.86. The lowest BCUT2D eigenvalue weighted by Crippen LogP contribution is -2.24. The molecule has 2 rings (SSSR count). The van der Waals surface area contributed by atoms with Crippen molar-refractivity contribution in [2.45, 2.75) is 19.4 Å². The van der Waals surface area contributed by atoms with Crippen molar-refractivity contribution in [1.29, 1.82) is 0 Å². The summed E-state index contributed by atoms with van der Waals surface area (Å²) in [6.07, 6.45) is 3.81. The Morgan fingerprint density at radius 2 is 2.29 bits per heavy atom. The van der Waals surface area contributed by atoms with Crippen molar-refractivity contribution in [3.05, 3.63) is 36.7 Å². The van der Waals surface area contributed by atoms with Gasteiger partial charge in [-0.2, -0.15) is 0 Å². The summed E-state index contributed by atoms with van der Waals surface area (Å²) in [5.74, 6) is -0.0655. The molecule has 17 heavy (non-hydrogen) atoms. The van der Waals surface area contributed by atoms with Gasteiger partial charge in [-0.15, -0.1) is 0 Å². The van der Waals surface area contributed by atoms with Gasteiger partial charge in [0.1, 0.15) is 0 Å². The first kappa shape index (κ1) is 11.5. The van der Waals surface area contributed by atoms with Gasteiger partial charge in [-0.1, -0.05) is 12.1 Å². The van der Waals surface area contributed by atoms with Gasteiger partial charge in [-0.25, -0.2) is 0 Å². The van der Waals surface area contributed by atoms with Crippen LogP contribution in [0.5, 0.6) is 0 Å². The number of nitrogens with two attached hydrogens (primary N) is 1. The van der Waals surface area contributed by atoms with E-state index in [0.29, 0.717) is 6.42 Å². The lowest BCUT2D eigenvalue weighted by Gasteiger charge is -2.09. The molecule has 0 spiro atoms. The van der Waals surface area contributed by atoms with Gasteiger partial charge in [0, 0.05) is 41.3 Å². The van der Waals surface area contributed by atoms with Gasteiger partial charge in [0.25, 0.3) is 0 Å². The monoisotopic (exact) mass is 229 g/mol. The van der Waals surface area contributed by atoms with Gasteiger partial charge in [0.2, 0.25) is 5.91 Å². The lowest BCUT2D eigenvalue weighted by molar-refractivity contribution is -0.116. The molecule has 4 nitrogen and oxygen atoms in total. The SMILES string of the molecule is CC(N)CC(=O)Nc1cccc2cnccc12. The maximum absolute atomic E-state index is 11.7. The minimum absolute atomic E-state index is 0.0655. The molecule has 2 aromatic rings. The zero-order valence-corrected chi connectivity index (χ0v) is 9.68. The first-order valence-corrected chi connectivity index (χ1v) is 5.55. The number of carbonyl (C=O) groups excluding carboxylic acids is 1. The van der Waals surface area contributed by atoms with Crippen LogP contribution in [-0.2, 0) is 4.79 Å². The van der Waals surface area contributed by atoms with Gasteiger partial charge in [0.05, 0.1) is 0 Å². The zero-order valence-electron chi connectivity index (χ0n) is 9.68. The van der Waals surface area contributed by atoms with E-state index in [1.807, 2.05) is 31.2 Å². The average Bonchev–Trinajstić information content (AvgIpc) is 2.28. The highest BCUT2D eigenvalue weighted by Gasteiger charge is 2.07. The molecule has 1 heterocycles. The van der Waals surface area contributed by atoms with Crippen molar-refractivity contribution in [2.24, 2.45) is 5.73 Å². The molecular weight excluding hydrogens is 214 g/mol. The van der Waals surface area contributed by atoms with Gasteiger partial charge in [-0.3, -0.25) is 9.78 Å². The minimum atomic E-state index is -0.133. The number of pyridine rings is 1. The maximum Gasteiger partial charge on any atom is 0.225 e. The summed E-state index contributed by atoms with van der Waals surface area (Å²) >= 11 is 0. The summed E-state index contributed by atoms with van der Waals surface area (Å²) in [6.45, 7) is 1.81. The Labute approximate surface area is 99.8 Å². The van der Waals surface area contributed by atoms with Crippen LogP contribution in [-0.4, -0.2) is 16.9 Å². The maximum atomic E-state index is 11.7. The van der Waals surface area contributed by atoms with Crippen LogP contribution < -0.4 is 11.1 Å². The van der Waals surface area contributed by atoms with Crippen LogP contribution in [0, 0.1) is 0 Å². The molecule has 0 aliphatic heterocycles. The van der Waals surface area contributed by atoms with E-state index >= 15 is 0 Å². The molecule has 1 aromatic heterocycles. The number of carbonyl (C=O) groups is 1. The van der Waals surface area contributed by atoms with E-state index in [0.717, 1.165) is 16.5 Å². The third-order valence-electron chi connectivity index (χ3n) is 2.46. The minimum Gasteiger partial charge on any atom is -0.327 e. The average molecular weight is 229 g/mol. The molecule has 1 unspecified atom stereocenters. The number of nitrogens with one attached hydrogen (secondary N) is 1. The normalized spacial score (nSPS) is 12.4. The molecule has 1 atom stereocenters. The van der Waals surface area contributed by atoms with E-state index in [9.17, 15) is 4.79 Å². The topological polar surface area (TPSA) is 68.0 Å². The van der Waals surface area contributed by atoms with Crippen molar-refractivity contribution < 1.29 is 4.79 Å². The fourth-order valence-corrected chi connectivity index (χ4v) is 1.73. The zero-order chi connectivity index (χ0) is 12.3. The van der Waals surface area contributed by atoms with E-state index in [1.165, 1.54) is 0 Å². The first-order chi connectivity index (χ1) is 8.16. The smallest absolute Gasteiger partial charge is 0.225 e. The molecule has 0 saturated carbocycles. The summed E-state index contributed by atoms with van der Waals surface area (Å²) < 4.78 is 0. The van der Waals surface area contributed by atoms with Gasteiger partial charge >= 0.3 is 0 Å². The molecule has 1 amide bonds. The fourth-order valence-electron chi connectivity index (χ4n) is 1.73. The van der Waals surface area contributed by atoms with Gasteiger partial charge in [-0.05, 0) is 19.1 Å². The molecule has 0 bridgehead atoms. The number of nitrogens with zero attached hydrogens (tertiary/aromatic N) is 1. The molecule has 0 aliphatic carbocycles. The summed E-state index contributed by atoms with van der Waals surface area (Å²) in [7, 11) is 0. The first-order valence-electron chi connectivity index (χ1n) is 5.55. The van der Waals surface area contributed by atoms with Crippen LogP contribution in [0.25, 0.3) is 10.8 Å². The number of rotatable bonds is 3. The molecule has 3 N–H and O–H groups in total. The van der Waals surface area contributed by atoms with Crippen LogP contribution in [0.2, 0.25) is 0 Å². The molecule has 0 radical (unpaired) electrons. The predicted molar refractivity (Wildman–Crippen MR) is 68.6 cm³/mol. The van der Waals surface area contributed by atoms with Crippen LogP contribution in [0.15, 0.2) is 36.7 Å². The number of anilines is 1. The third-order valence-corrected chi connectivity index (χ3v) is 2.46. The highest BCUT2D eigenvalue weighted by molar-refractivity contribution is 6.01. The summed E-state index contributed by atoms with van der Waals surface area (Å²) in [6, 6.07) is 7.49. The van der Waals surface area contributed by atoms with E-state index in [1.54, 1.807) is 12.4 Å². The number of fused-ring (bicyclic) bond motifs is 1. The van der Waals surface area contributed by atoms with Gasteiger partial charge < -0.3 is 11.1 Å². The molecule has 0 fully saturated rings. The van der Waals surface area contributed by atoms with Gasteiger partial charge in [0.15, 0.2) is 0 Å². The van der Waals surface area contributed by atoms with E-state index < -0.39 is 0 Å². The van der Waals surface area contributed by atoms with Crippen LogP contribution >= 0.6 is 0 Å². The number of benzene rings is 1. The second-order valence-corrected chi connectivity index (χ2v) is 4.13. The Hall–Kier alpha value is -1.94. The van der Waals surface area contributed by atoms with E-state index in [2.05, 4.69) is 10.3 Å². The standard InChI is InChI=1S/C13H15N3O/c1-9(14)7-13(17)16-12-4-2-3-10-8-15-6-5-11(10)12/h2-6,8-9H,7,14H2,1H3,(H,16,17). The van der Waals surface area contributed by atoms with Crippen molar-refractivity contribution in [1.82, 2.24) is 4.98 Å². The molecule has 4 heteroatoms. The Balaban J connectivity index is 2.27. The Morgan fingerprint density at radius 1 is 1.47 bits per heavy atom. The van der Waals surface area contributed by atoms with E-state index in [4.69, 9.17) is 5.73 Å². The highest BCUT2D eigenvalue weighted by atomic mass is 16.1. The number of aromatic nitrogens is 1. The summed E-state index contributed by atoms with van der Waals surface area (Å²) in [5.41, 5.74) is 6.39. The molecule has 0 aliphatic rings. The molecule has 88 valence electrons. The lowest BCUT2D eigenvalue weighted by atomic mass is 10.1. The van der Waals surface area contributed by atoms with Crippen molar-refractivity contribution >= 4 is 22.4 Å². The van der Waals surface area contributed by atoms with Crippen molar-refractivity contribution in [3.63, 3.8) is 0 Å². The highest BCUT2D eigenvalue weighted by Crippen LogP contribution is 2.22. The number of hydrogen-bond acceptors (Lipinski definition) is 3. The number of amides is 1. The third kappa shape index (κ3) is 2.79. The van der Waals surface area contributed by atoms with Crippen LogP contribution in [0.1, 0.15) is 13.3 Å². The Morgan fingerprint density at radius 3 is 3.06 bits per heavy atom. The van der Waals surface area contributed by atoms with E-state index in [-0.39, 0.29) is 11.9 Å². The second-order valence-electron chi connectivity index (χ2n) is 4.13.